The van der Waals surface area contributed by atoms with Crippen molar-refractivity contribution in [1.29, 1.82) is 0 Å². The van der Waals surface area contributed by atoms with Crippen LogP contribution in [-0.4, -0.2) is 70.9 Å². The van der Waals surface area contributed by atoms with E-state index in [1.54, 1.807) is 15.8 Å². The lowest BCUT2D eigenvalue weighted by Gasteiger charge is -2.36. The summed E-state index contributed by atoms with van der Waals surface area (Å²) >= 11 is 0. The van der Waals surface area contributed by atoms with Gasteiger partial charge in [0.2, 0.25) is 5.91 Å². The van der Waals surface area contributed by atoms with Crippen LogP contribution in [0.5, 0.6) is 0 Å². The zero-order valence-electron chi connectivity index (χ0n) is 15.8. The first-order valence-corrected chi connectivity index (χ1v) is 9.73. The Kier molecular flexibility index (Phi) is 5.57. The maximum absolute atomic E-state index is 12.7. The second-order valence-corrected chi connectivity index (χ2v) is 7.15. The Labute approximate surface area is 164 Å². The number of hydrogen-bond donors (Lipinski definition) is 1. The van der Waals surface area contributed by atoms with E-state index in [1.807, 2.05) is 41.4 Å². The van der Waals surface area contributed by atoms with E-state index in [2.05, 4.69) is 10.4 Å². The van der Waals surface area contributed by atoms with Gasteiger partial charge in [0, 0.05) is 44.3 Å². The molecule has 1 unspecified atom stereocenters. The van der Waals surface area contributed by atoms with Crippen LogP contribution in [0.4, 0.5) is 10.5 Å². The fraction of sp³-hybridized carbons (Fsp3) is 0.450. The summed E-state index contributed by atoms with van der Waals surface area (Å²) in [5.41, 5.74) is 1.65. The molecule has 4 rings (SSSR count). The summed E-state index contributed by atoms with van der Waals surface area (Å²) in [5.74, 6) is 0.0177. The molecule has 3 heterocycles. The van der Waals surface area contributed by atoms with Crippen molar-refractivity contribution >= 4 is 17.6 Å². The Hall–Kier alpha value is -2.87. The highest BCUT2D eigenvalue weighted by Gasteiger charge is 2.31. The van der Waals surface area contributed by atoms with E-state index in [-0.39, 0.29) is 17.9 Å². The van der Waals surface area contributed by atoms with Gasteiger partial charge in [-0.2, -0.15) is 5.10 Å². The number of likely N-dealkylation sites (tertiary alicyclic amines) is 1. The largest absolute Gasteiger partial charge is 0.378 e. The Balaban J connectivity index is 1.34. The van der Waals surface area contributed by atoms with E-state index in [1.165, 1.54) is 0 Å². The zero-order chi connectivity index (χ0) is 19.3. The van der Waals surface area contributed by atoms with Crippen molar-refractivity contribution in [1.82, 2.24) is 19.6 Å². The number of anilines is 1. The molecule has 2 saturated heterocycles. The molecule has 1 atom stereocenters. The molecule has 1 aromatic heterocycles. The third-order valence-corrected chi connectivity index (χ3v) is 5.27. The first-order valence-electron chi connectivity index (χ1n) is 9.73. The van der Waals surface area contributed by atoms with Crippen LogP contribution in [0.25, 0.3) is 5.69 Å². The van der Waals surface area contributed by atoms with Gasteiger partial charge >= 0.3 is 6.03 Å². The molecule has 2 aliphatic heterocycles. The van der Waals surface area contributed by atoms with Gasteiger partial charge in [-0.1, -0.05) is 0 Å². The van der Waals surface area contributed by atoms with E-state index >= 15 is 0 Å². The Morgan fingerprint density at radius 1 is 1.07 bits per heavy atom. The summed E-state index contributed by atoms with van der Waals surface area (Å²) in [7, 11) is 0. The molecule has 0 radical (unpaired) electrons. The van der Waals surface area contributed by atoms with Gasteiger partial charge in [0.1, 0.15) is 0 Å². The monoisotopic (exact) mass is 383 g/mol. The number of amides is 3. The van der Waals surface area contributed by atoms with Crippen molar-refractivity contribution < 1.29 is 14.3 Å². The van der Waals surface area contributed by atoms with Crippen LogP contribution in [-0.2, 0) is 9.53 Å². The van der Waals surface area contributed by atoms with Gasteiger partial charge in [0.15, 0.2) is 0 Å². The van der Waals surface area contributed by atoms with Crippen molar-refractivity contribution in [3.63, 3.8) is 0 Å². The molecule has 8 nitrogen and oxygen atoms in total. The predicted molar refractivity (Wildman–Crippen MR) is 104 cm³/mol. The molecule has 28 heavy (non-hydrogen) atoms. The minimum atomic E-state index is -0.161. The molecule has 2 aromatic rings. The average Bonchev–Trinajstić information content (AvgIpc) is 3.29. The van der Waals surface area contributed by atoms with Crippen LogP contribution < -0.4 is 5.32 Å². The number of carbonyl (C=O) groups is 2. The summed E-state index contributed by atoms with van der Waals surface area (Å²) in [6.07, 6.45) is 5.26. The number of piperidine rings is 1. The van der Waals surface area contributed by atoms with E-state index in [9.17, 15) is 9.59 Å². The summed E-state index contributed by atoms with van der Waals surface area (Å²) in [6.45, 7) is 3.61. The van der Waals surface area contributed by atoms with Crippen LogP contribution in [0.15, 0.2) is 42.7 Å². The SMILES string of the molecule is O=C(Nc1ccc(-n2cccn2)cc1)N1CCCC(C(=O)N2CCOCC2)C1. The highest BCUT2D eigenvalue weighted by Crippen LogP contribution is 2.21. The molecule has 0 bridgehead atoms. The van der Waals surface area contributed by atoms with E-state index < -0.39 is 0 Å². The van der Waals surface area contributed by atoms with E-state index in [4.69, 9.17) is 4.74 Å². The predicted octanol–water partition coefficient (Wildman–Crippen LogP) is 1.97. The molecule has 148 valence electrons. The van der Waals surface area contributed by atoms with Gasteiger partial charge in [-0.25, -0.2) is 9.48 Å². The summed E-state index contributed by atoms with van der Waals surface area (Å²) in [5, 5.41) is 7.13. The Morgan fingerprint density at radius 2 is 1.86 bits per heavy atom. The molecule has 1 N–H and O–H groups in total. The number of hydrogen-bond acceptors (Lipinski definition) is 4. The molecule has 1 aromatic carbocycles. The van der Waals surface area contributed by atoms with Crippen molar-refractivity contribution in [3.8, 4) is 5.69 Å². The fourth-order valence-corrected chi connectivity index (χ4v) is 3.73. The quantitative estimate of drug-likeness (QED) is 0.879. The topological polar surface area (TPSA) is 79.7 Å². The lowest BCUT2D eigenvalue weighted by Crippen LogP contribution is -2.50. The molecule has 8 heteroatoms. The molecular formula is C20H25N5O3. The highest BCUT2D eigenvalue weighted by molar-refractivity contribution is 5.90. The third kappa shape index (κ3) is 4.17. The second-order valence-electron chi connectivity index (χ2n) is 7.15. The summed E-state index contributed by atoms with van der Waals surface area (Å²) in [6, 6.07) is 9.23. The first kappa shape index (κ1) is 18.5. The number of urea groups is 1. The lowest BCUT2D eigenvalue weighted by atomic mass is 9.96. The van der Waals surface area contributed by atoms with Gasteiger partial charge < -0.3 is 19.9 Å². The normalized spacial score (nSPS) is 20.1. The Bertz CT molecular complexity index is 800. The number of morpholine rings is 1. The van der Waals surface area contributed by atoms with Crippen molar-refractivity contribution in [2.75, 3.05) is 44.7 Å². The number of benzene rings is 1. The van der Waals surface area contributed by atoms with Gasteiger partial charge in [-0.05, 0) is 43.2 Å². The third-order valence-electron chi connectivity index (χ3n) is 5.27. The van der Waals surface area contributed by atoms with Crippen LogP contribution >= 0.6 is 0 Å². The highest BCUT2D eigenvalue weighted by atomic mass is 16.5. The standard InChI is InChI=1S/C20H25N5O3/c26-19(23-11-13-28-14-12-23)16-3-1-9-24(15-16)20(27)22-17-4-6-18(7-5-17)25-10-2-8-21-25/h2,4-8,10,16H,1,3,9,11-15H2,(H,22,27). The van der Waals surface area contributed by atoms with Gasteiger partial charge in [-0.15, -0.1) is 0 Å². The van der Waals surface area contributed by atoms with Crippen LogP contribution in [0.2, 0.25) is 0 Å². The molecule has 0 spiro atoms. The molecule has 0 saturated carbocycles. The zero-order valence-corrected chi connectivity index (χ0v) is 15.8. The van der Waals surface area contributed by atoms with Gasteiger partial charge in [-0.3, -0.25) is 4.79 Å². The average molecular weight is 383 g/mol. The summed E-state index contributed by atoms with van der Waals surface area (Å²) < 4.78 is 7.08. The lowest BCUT2D eigenvalue weighted by molar-refractivity contribution is -0.141. The molecule has 2 aliphatic rings. The minimum Gasteiger partial charge on any atom is -0.378 e. The number of nitrogens with one attached hydrogen (secondary N) is 1. The van der Waals surface area contributed by atoms with E-state index in [0.29, 0.717) is 39.4 Å². The smallest absolute Gasteiger partial charge is 0.321 e. The minimum absolute atomic E-state index is 0.125. The van der Waals surface area contributed by atoms with Gasteiger partial charge in [0.05, 0.1) is 24.8 Å². The number of nitrogens with zero attached hydrogens (tertiary/aromatic N) is 4. The number of aromatic nitrogens is 2. The van der Waals surface area contributed by atoms with Crippen molar-refractivity contribution in [2.24, 2.45) is 5.92 Å². The number of rotatable bonds is 3. The van der Waals surface area contributed by atoms with E-state index in [0.717, 1.165) is 24.2 Å². The van der Waals surface area contributed by atoms with Gasteiger partial charge in [0.25, 0.3) is 0 Å². The maximum Gasteiger partial charge on any atom is 0.321 e. The molecule has 2 fully saturated rings. The second kappa shape index (κ2) is 8.43. The number of ether oxygens (including phenoxy) is 1. The van der Waals surface area contributed by atoms with Crippen LogP contribution in [0.1, 0.15) is 12.8 Å². The molecule has 3 amide bonds. The first-order chi connectivity index (χ1) is 13.7. The fourth-order valence-electron chi connectivity index (χ4n) is 3.73. The maximum atomic E-state index is 12.7. The number of carbonyl (C=O) groups excluding carboxylic acids is 2. The molecule has 0 aliphatic carbocycles. The van der Waals surface area contributed by atoms with Crippen LogP contribution in [0, 0.1) is 5.92 Å². The van der Waals surface area contributed by atoms with Crippen molar-refractivity contribution in [3.05, 3.63) is 42.7 Å². The van der Waals surface area contributed by atoms with Crippen molar-refractivity contribution in [2.45, 2.75) is 12.8 Å². The van der Waals surface area contributed by atoms with Crippen LogP contribution in [0.3, 0.4) is 0 Å². The summed E-state index contributed by atoms with van der Waals surface area (Å²) in [4.78, 5) is 29.0. The molecular weight excluding hydrogens is 358 g/mol. The Morgan fingerprint density at radius 3 is 2.57 bits per heavy atom.